The van der Waals surface area contributed by atoms with Gasteiger partial charge < -0.3 is 9.47 Å². The first-order valence-electron chi connectivity index (χ1n) is 7.27. The Kier molecular flexibility index (Phi) is 6.23. The molecular formula is C17H18ClFN2O2. The van der Waals surface area contributed by atoms with Crippen molar-refractivity contribution in [2.75, 3.05) is 18.6 Å². The van der Waals surface area contributed by atoms with Crippen LogP contribution in [0.2, 0.25) is 5.02 Å². The number of hydrazone groups is 1. The van der Waals surface area contributed by atoms with Crippen LogP contribution in [0.25, 0.3) is 0 Å². The van der Waals surface area contributed by atoms with Crippen LogP contribution in [-0.4, -0.2) is 19.4 Å². The van der Waals surface area contributed by atoms with Crippen molar-refractivity contribution >= 4 is 23.5 Å². The van der Waals surface area contributed by atoms with Crippen LogP contribution in [0.5, 0.6) is 11.5 Å². The maximum Gasteiger partial charge on any atom is 0.179 e. The van der Waals surface area contributed by atoms with E-state index in [2.05, 4.69) is 10.5 Å². The Morgan fingerprint density at radius 3 is 2.48 bits per heavy atom. The van der Waals surface area contributed by atoms with Crippen LogP contribution in [-0.2, 0) is 0 Å². The summed E-state index contributed by atoms with van der Waals surface area (Å²) in [5.41, 5.74) is 4.26. The molecule has 122 valence electrons. The summed E-state index contributed by atoms with van der Waals surface area (Å²) >= 11 is 6.23. The van der Waals surface area contributed by atoms with Gasteiger partial charge in [0.1, 0.15) is 5.82 Å². The summed E-state index contributed by atoms with van der Waals surface area (Å²) in [4.78, 5) is 0. The molecule has 0 aliphatic carbocycles. The minimum atomic E-state index is -0.292. The Balaban J connectivity index is 2.15. The molecule has 0 heterocycles. The maximum atomic E-state index is 12.8. The van der Waals surface area contributed by atoms with Crippen molar-refractivity contribution in [1.82, 2.24) is 0 Å². The highest BCUT2D eigenvalue weighted by Gasteiger charge is 2.11. The highest BCUT2D eigenvalue weighted by atomic mass is 35.5. The second-order valence-corrected chi connectivity index (χ2v) is 4.98. The van der Waals surface area contributed by atoms with Crippen molar-refractivity contribution in [2.45, 2.75) is 13.8 Å². The van der Waals surface area contributed by atoms with Gasteiger partial charge in [-0.2, -0.15) is 5.10 Å². The molecule has 0 atom stereocenters. The van der Waals surface area contributed by atoms with Crippen LogP contribution in [0.1, 0.15) is 19.4 Å². The fraction of sp³-hybridized carbons (Fsp3) is 0.235. The Labute approximate surface area is 139 Å². The second kappa shape index (κ2) is 8.39. The van der Waals surface area contributed by atoms with Gasteiger partial charge >= 0.3 is 0 Å². The van der Waals surface area contributed by atoms with Crippen molar-refractivity contribution in [3.8, 4) is 11.5 Å². The molecule has 0 fully saturated rings. The van der Waals surface area contributed by atoms with Crippen molar-refractivity contribution in [3.63, 3.8) is 0 Å². The zero-order valence-corrected chi connectivity index (χ0v) is 13.7. The van der Waals surface area contributed by atoms with Gasteiger partial charge in [-0.15, -0.1) is 0 Å². The number of nitrogens with one attached hydrogen (secondary N) is 1. The normalized spacial score (nSPS) is 10.8. The van der Waals surface area contributed by atoms with E-state index in [1.807, 2.05) is 13.8 Å². The molecule has 6 heteroatoms. The van der Waals surface area contributed by atoms with E-state index in [0.717, 1.165) is 5.56 Å². The average molecular weight is 337 g/mol. The molecule has 2 rings (SSSR count). The lowest BCUT2D eigenvalue weighted by Crippen LogP contribution is -2.00. The van der Waals surface area contributed by atoms with Crippen LogP contribution < -0.4 is 14.9 Å². The Hall–Kier alpha value is -2.27. The molecular weight excluding hydrogens is 319 g/mol. The van der Waals surface area contributed by atoms with Crippen molar-refractivity contribution in [2.24, 2.45) is 5.10 Å². The van der Waals surface area contributed by atoms with Gasteiger partial charge in [0, 0.05) is 0 Å². The van der Waals surface area contributed by atoms with Gasteiger partial charge in [-0.1, -0.05) is 11.6 Å². The molecule has 0 saturated carbocycles. The molecule has 0 aromatic heterocycles. The summed E-state index contributed by atoms with van der Waals surface area (Å²) in [7, 11) is 0. The molecule has 0 amide bonds. The smallest absolute Gasteiger partial charge is 0.179 e. The third-order valence-electron chi connectivity index (χ3n) is 2.87. The number of hydrogen-bond acceptors (Lipinski definition) is 4. The van der Waals surface area contributed by atoms with Crippen LogP contribution in [0.3, 0.4) is 0 Å². The number of hydrogen-bond donors (Lipinski definition) is 1. The molecule has 23 heavy (non-hydrogen) atoms. The monoisotopic (exact) mass is 336 g/mol. The minimum absolute atomic E-state index is 0.292. The number of benzene rings is 2. The predicted molar refractivity (Wildman–Crippen MR) is 91.4 cm³/mol. The lowest BCUT2D eigenvalue weighted by Gasteiger charge is -2.13. The molecule has 0 aliphatic rings. The number of rotatable bonds is 7. The summed E-state index contributed by atoms with van der Waals surface area (Å²) in [6.45, 7) is 4.78. The third kappa shape index (κ3) is 4.86. The third-order valence-corrected chi connectivity index (χ3v) is 3.15. The van der Waals surface area contributed by atoms with E-state index in [1.54, 1.807) is 30.5 Å². The SMILES string of the molecule is CCOc1cc(/C=N/Nc2ccc(F)cc2)cc(Cl)c1OCC. The minimum Gasteiger partial charge on any atom is -0.490 e. The molecule has 0 unspecified atom stereocenters. The quantitative estimate of drug-likeness (QED) is 0.587. The highest BCUT2D eigenvalue weighted by Crippen LogP contribution is 2.36. The van der Waals surface area contributed by atoms with Gasteiger partial charge in [0.25, 0.3) is 0 Å². The zero-order valence-electron chi connectivity index (χ0n) is 13.0. The van der Waals surface area contributed by atoms with E-state index in [9.17, 15) is 4.39 Å². The molecule has 2 aromatic rings. The van der Waals surface area contributed by atoms with Crippen LogP contribution in [0.15, 0.2) is 41.5 Å². The van der Waals surface area contributed by atoms with E-state index < -0.39 is 0 Å². The van der Waals surface area contributed by atoms with Crippen LogP contribution in [0, 0.1) is 5.82 Å². The first-order chi connectivity index (χ1) is 11.1. The molecule has 2 aromatic carbocycles. The fourth-order valence-electron chi connectivity index (χ4n) is 1.92. The molecule has 0 bridgehead atoms. The van der Waals surface area contributed by atoms with Gasteiger partial charge in [0.2, 0.25) is 0 Å². The van der Waals surface area contributed by atoms with Crippen LogP contribution >= 0.6 is 11.6 Å². The Morgan fingerprint density at radius 1 is 1.13 bits per heavy atom. The van der Waals surface area contributed by atoms with Gasteiger partial charge in [0.05, 0.1) is 30.1 Å². The lowest BCUT2D eigenvalue weighted by atomic mass is 10.2. The number of anilines is 1. The standard InChI is InChI=1S/C17H18ClFN2O2/c1-3-22-16-10-12(9-15(18)17(16)23-4-2)11-20-21-14-7-5-13(19)6-8-14/h5-11,21H,3-4H2,1-2H3/b20-11+. The van der Waals surface area contributed by atoms with E-state index in [1.165, 1.54) is 12.1 Å². The molecule has 0 radical (unpaired) electrons. The number of nitrogens with zero attached hydrogens (tertiary/aromatic N) is 1. The molecule has 1 N–H and O–H groups in total. The Bertz CT molecular complexity index is 675. The van der Waals surface area contributed by atoms with Gasteiger partial charge in [-0.05, 0) is 55.8 Å². The molecule has 0 aliphatic heterocycles. The van der Waals surface area contributed by atoms with Gasteiger partial charge in [-0.3, -0.25) is 5.43 Å². The number of ether oxygens (including phenoxy) is 2. The van der Waals surface area contributed by atoms with Crippen LogP contribution in [0.4, 0.5) is 10.1 Å². The molecule has 4 nitrogen and oxygen atoms in total. The first-order valence-corrected chi connectivity index (χ1v) is 7.65. The van der Waals surface area contributed by atoms with Crippen molar-refractivity contribution < 1.29 is 13.9 Å². The van der Waals surface area contributed by atoms with Gasteiger partial charge in [-0.25, -0.2) is 4.39 Å². The highest BCUT2D eigenvalue weighted by molar-refractivity contribution is 6.32. The van der Waals surface area contributed by atoms with Gasteiger partial charge in [0.15, 0.2) is 11.5 Å². The lowest BCUT2D eigenvalue weighted by molar-refractivity contribution is 0.288. The molecule has 0 spiro atoms. The van der Waals surface area contributed by atoms with E-state index in [0.29, 0.717) is 35.4 Å². The summed E-state index contributed by atoms with van der Waals surface area (Å²) in [5, 5.41) is 4.57. The largest absolute Gasteiger partial charge is 0.490 e. The summed E-state index contributed by atoms with van der Waals surface area (Å²) in [5.74, 6) is 0.809. The topological polar surface area (TPSA) is 42.8 Å². The molecule has 0 saturated heterocycles. The number of halogens is 2. The van der Waals surface area contributed by atoms with E-state index >= 15 is 0 Å². The average Bonchev–Trinajstić information content (AvgIpc) is 2.53. The predicted octanol–water partition coefficient (Wildman–Crippen LogP) is 4.72. The summed E-state index contributed by atoms with van der Waals surface area (Å²) < 4.78 is 23.9. The van der Waals surface area contributed by atoms with Crippen molar-refractivity contribution in [3.05, 3.63) is 52.8 Å². The summed E-state index contributed by atoms with van der Waals surface area (Å²) in [6, 6.07) is 9.46. The zero-order chi connectivity index (χ0) is 16.7. The second-order valence-electron chi connectivity index (χ2n) is 4.57. The van der Waals surface area contributed by atoms with E-state index in [-0.39, 0.29) is 5.82 Å². The maximum absolute atomic E-state index is 12.8. The first kappa shape index (κ1) is 17.1. The fourth-order valence-corrected chi connectivity index (χ4v) is 2.19. The Morgan fingerprint density at radius 2 is 1.83 bits per heavy atom. The van der Waals surface area contributed by atoms with Crippen molar-refractivity contribution in [1.29, 1.82) is 0 Å². The van der Waals surface area contributed by atoms with E-state index in [4.69, 9.17) is 21.1 Å². The summed E-state index contributed by atoms with van der Waals surface area (Å²) in [6.07, 6.45) is 1.60.